The summed E-state index contributed by atoms with van der Waals surface area (Å²) in [5, 5.41) is 11.9. The van der Waals surface area contributed by atoms with E-state index in [9.17, 15) is 14.0 Å². The number of halogens is 1. The largest absolute Gasteiger partial charge is 0.492 e. The van der Waals surface area contributed by atoms with Gasteiger partial charge in [-0.3, -0.25) is 0 Å². The molecule has 1 amide bonds. The lowest BCUT2D eigenvalue weighted by Crippen LogP contribution is -2.41. The second kappa shape index (κ2) is 10.6. The Hall–Kier alpha value is -3.95. The van der Waals surface area contributed by atoms with Crippen LogP contribution >= 0.6 is 0 Å². The first kappa shape index (κ1) is 27.6. The van der Waals surface area contributed by atoms with Gasteiger partial charge in [-0.15, -0.1) is 0 Å². The molecule has 0 saturated carbocycles. The van der Waals surface area contributed by atoms with Gasteiger partial charge < -0.3 is 24.5 Å². The number of hydrogen-bond acceptors (Lipinski definition) is 5. The summed E-state index contributed by atoms with van der Waals surface area (Å²) >= 11 is 0. The van der Waals surface area contributed by atoms with Crippen LogP contribution in [-0.4, -0.2) is 48.6 Å². The van der Waals surface area contributed by atoms with Crippen LogP contribution in [0.2, 0.25) is 0 Å². The predicted octanol–water partition coefficient (Wildman–Crippen LogP) is 6.08. The number of amides is 1. The summed E-state index contributed by atoms with van der Waals surface area (Å²) in [4.78, 5) is 24.1. The average molecular weight is 543 g/mol. The van der Waals surface area contributed by atoms with Crippen molar-refractivity contribution in [1.29, 1.82) is 0 Å². The molecule has 40 heavy (non-hydrogen) atoms. The molecular formula is C31H31BFNO6. The van der Waals surface area contributed by atoms with Crippen LogP contribution in [0.25, 0.3) is 17.2 Å². The van der Waals surface area contributed by atoms with Crippen LogP contribution in [0.3, 0.4) is 0 Å². The van der Waals surface area contributed by atoms with Crippen molar-refractivity contribution in [1.82, 2.24) is 5.32 Å². The van der Waals surface area contributed by atoms with Crippen molar-refractivity contribution in [3.63, 3.8) is 0 Å². The molecule has 3 aromatic rings. The topological polar surface area (TPSA) is 94.1 Å². The number of rotatable bonds is 7. The smallest absolute Gasteiger partial charge is 0.478 e. The van der Waals surface area contributed by atoms with Gasteiger partial charge in [-0.05, 0) is 73.1 Å². The highest BCUT2D eigenvalue weighted by molar-refractivity contribution is 6.56. The number of fused-ring (bicyclic) bond motifs is 3. The van der Waals surface area contributed by atoms with Gasteiger partial charge in [0.2, 0.25) is 0 Å². The van der Waals surface area contributed by atoms with Crippen LogP contribution in [-0.2, 0) is 14.0 Å². The van der Waals surface area contributed by atoms with E-state index < -0.39 is 41.8 Å². The molecule has 2 aliphatic rings. The maximum Gasteiger partial charge on any atom is 0.492 e. The molecule has 2 N–H and O–H groups in total. The van der Waals surface area contributed by atoms with E-state index in [2.05, 4.69) is 29.6 Å². The monoisotopic (exact) mass is 543 g/mol. The fourth-order valence-electron chi connectivity index (χ4n) is 5.03. The lowest BCUT2D eigenvalue weighted by molar-refractivity contribution is 0.00578. The molecule has 0 bridgehead atoms. The van der Waals surface area contributed by atoms with Crippen LogP contribution in [0.1, 0.15) is 60.7 Å². The minimum atomic E-state index is -1.35. The summed E-state index contributed by atoms with van der Waals surface area (Å²) in [6, 6.07) is 20.0. The Balaban J connectivity index is 1.32. The second-order valence-electron chi connectivity index (χ2n) is 11.0. The second-order valence-corrected chi connectivity index (χ2v) is 11.0. The molecule has 7 nitrogen and oxygen atoms in total. The molecule has 0 aromatic heterocycles. The van der Waals surface area contributed by atoms with Gasteiger partial charge in [0.15, 0.2) is 0 Å². The van der Waals surface area contributed by atoms with Gasteiger partial charge in [0.05, 0.1) is 16.8 Å². The molecule has 1 heterocycles. The molecular weight excluding hydrogens is 512 g/mol. The van der Waals surface area contributed by atoms with E-state index in [-0.39, 0.29) is 19.1 Å². The number of carboxylic acid groups (broad SMARTS) is 1. The first-order chi connectivity index (χ1) is 19.0. The molecule has 3 aromatic carbocycles. The molecule has 1 fully saturated rings. The van der Waals surface area contributed by atoms with Gasteiger partial charge in [-0.25, -0.2) is 14.0 Å². The highest BCUT2D eigenvalue weighted by Crippen LogP contribution is 2.44. The van der Waals surface area contributed by atoms with Gasteiger partial charge in [0, 0.05) is 12.5 Å². The molecule has 0 unspecified atom stereocenters. The molecule has 0 atom stereocenters. The Morgan fingerprint density at radius 3 is 2.10 bits per heavy atom. The number of carbonyl (C=O) groups excluding carboxylic acids is 1. The van der Waals surface area contributed by atoms with E-state index in [1.807, 2.05) is 52.0 Å². The number of hydrogen-bond donors (Lipinski definition) is 2. The third-order valence-electron chi connectivity index (χ3n) is 7.91. The molecule has 0 spiro atoms. The minimum absolute atomic E-state index is 0.00972. The fraction of sp³-hybridized carbons (Fsp3) is 0.290. The average Bonchev–Trinajstić information content (AvgIpc) is 3.34. The highest BCUT2D eigenvalue weighted by Gasteiger charge is 2.52. The molecule has 1 saturated heterocycles. The summed E-state index contributed by atoms with van der Waals surface area (Å²) in [6.07, 6.45) is 1.01. The van der Waals surface area contributed by atoms with Gasteiger partial charge in [0.1, 0.15) is 12.4 Å². The van der Waals surface area contributed by atoms with Crippen molar-refractivity contribution in [3.05, 3.63) is 100 Å². The first-order valence-electron chi connectivity index (χ1n) is 13.1. The number of alkyl carbamates (subject to hydrolysis) is 1. The lowest BCUT2D eigenvalue weighted by Gasteiger charge is -2.32. The SMILES string of the molecule is CC1(C)OB(C(=Cc2ccc(C(=O)O)c(F)c2)CNC(=O)OCC2c3ccccc3-c3ccccc32)OC1(C)C. The summed E-state index contributed by atoms with van der Waals surface area (Å²) in [6.45, 7) is 7.80. The van der Waals surface area contributed by atoms with E-state index in [1.165, 1.54) is 12.1 Å². The zero-order valence-corrected chi connectivity index (χ0v) is 22.9. The van der Waals surface area contributed by atoms with Crippen molar-refractivity contribution in [2.75, 3.05) is 13.2 Å². The Bertz CT molecular complexity index is 1440. The van der Waals surface area contributed by atoms with E-state index in [1.54, 1.807) is 6.08 Å². The van der Waals surface area contributed by atoms with Crippen LogP contribution in [0.5, 0.6) is 0 Å². The van der Waals surface area contributed by atoms with E-state index in [4.69, 9.17) is 19.2 Å². The van der Waals surface area contributed by atoms with Crippen molar-refractivity contribution >= 4 is 25.3 Å². The summed E-state index contributed by atoms with van der Waals surface area (Å²) < 4.78 is 32.4. The Morgan fingerprint density at radius 2 is 1.55 bits per heavy atom. The first-order valence-corrected chi connectivity index (χ1v) is 13.1. The maximum atomic E-state index is 14.4. The normalized spacial score (nSPS) is 17.3. The number of carbonyl (C=O) groups is 2. The fourth-order valence-corrected chi connectivity index (χ4v) is 5.03. The molecule has 206 valence electrons. The number of aromatic carboxylic acids is 1. The zero-order valence-electron chi connectivity index (χ0n) is 22.9. The van der Waals surface area contributed by atoms with Crippen molar-refractivity contribution < 1.29 is 33.1 Å². The van der Waals surface area contributed by atoms with Gasteiger partial charge in [-0.1, -0.05) is 60.7 Å². The molecule has 9 heteroatoms. The minimum Gasteiger partial charge on any atom is -0.478 e. The molecule has 0 radical (unpaired) electrons. The molecule has 1 aliphatic carbocycles. The van der Waals surface area contributed by atoms with Crippen LogP contribution < -0.4 is 5.32 Å². The standard InChI is InChI=1S/C31H31BFNO6/c1-30(2)31(3,4)40-32(39-30)20(15-19-13-14-25(28(35)36)27(33)16-19)17-34-29(37)38-18-26-23-11-7-5-9-21(23)22-10-6-8-12-24(22)26/h5-16,26H,17-18H2,1-4H3,(H,34,37)(H,35,36). The van der Waals surface area contributed by atoms with Gasteiger partial charge >= 0.3 is 19.2 Å². The van der Waals surface area contributed by atoms with Gasteiger partial charge in [0.25, 0.3) is 0 Å². The zero-order chi connectivity index (χ0) is 28.7. The van der Waals surface area contributed by atoms with Crippen molar-refractivity contribution in [2.45, 2.75) is 44.8 Å². The molecule has 5 rings (SSSR count). The number of ether oxygens (including phenoxy) is 1. The maximum absolute atomic E-state index is 14.4. The third-order valence-corrected chi connectivity index (χ3v) is 7.91. The Labute approximate surface area is 233 Å². The Morgan fingerprint density at radius 1 is 0.975 bits per heavy atom. The summed E-state index contributed by atoms with van der Waals surface area (Å²) in [7, 11) is -0.818. The van der Waals surface area contributed by atoms with Crippen molar-refractivity contribution in [2.24, 2.45) is 0 Å². The summed E-state index contributed by atoms with van der Waals surface area (Å²) in [5.74, 6) is -2.29. The van der Waals surface area contributed by atoms with Crippen LogP contribution in [0, 0.1) is 5.82 Å². The highest BCUT2D eigenvalue weighted by atomic mass is 19.1. The third kappa shape index (κ3) is 5.27. The molecule has 1 aliphatic heterocycles. The quantitative estimate of drug-likeness (QED) is 0.351. The number of nitrogens with one attached hydrogen (secondary N) is 1. The Kier molecular flexibility index (Phi) is 7.29. The van der Waals surface area contributed by atoms with Crippen LogP contribution in [0.15, 0.2) is 72.2 Å². The van der Waals surface area contributed by atoms with E-state index >= 15 is 0 Å². The van der Waals surface area contributed by atoms with Crippen molar-refractivity contribution in [3.8, 4) is 11.1 Å². The van der Waals surface area contributed by atoms with Gasteiger partial charge in [-0.2, -0.15) is 0 Å². The van der Waals surface area contributed by atoms with Crippen LogP contribution in [0.4, 0.5) is 9.18 Å². The summed E-state index contributed by atoms with van der Waals surface area (Å²) in [5.41, 5.74) is 3.72. The number of carboxylic acids is 1. The van der Waals surface area contributed by atoms with E-state index in [0.29, 0.717) is 11.0 Å². The predicted molar refractivity (Wildman–Crippen MR) is 150 cm³/mol. The number of benzene rings is 3. The lowest BCUT2D eigenvalue weighted by atomic mass is 9.77. The van der Waals surface area contributed by atoms with E-state index in [0.717, 1.165) is 28.3 Å².